The van der Waals surface area contributed by atoms with Crippen molar-refractivity contribution in [3.8, 4) is 0 Å². The zero-order valence-electron chi connectivity index (χ0n) is 11.7. The molecule has 0 aromatic carbocycles. The van der Waals surface area contributed by atoms with Gasteiger partial charge in [0.05, 0.1) is 6.20 Å². The molecule has 0 spiro atoms. The van der Waals surface area contributed by atoms with Crippen LogP contribution >= 0.6 is 0 Å². The molecule has 106 valence electrons. The van der Waals surface area contributed by atoms with E-state index in [0.29, 0.717) is 6.54 Å². The number of nitrogens with zero attached hydrogens (tertiary/aromatic N) is 2. The van der Waals surface area contributed by atoms with Gasteiger partial charge in [-0.05, 0) is 45.6 Å². The number of hydrogen-bond donors (Lipinski definition) is 1. The highest BCUT2D eigenvalue weighted by atomic mass is 18.2. The van der Waals surface area contributed by atoms with Crippen LogP contribution in [0.3, 0.4) is 0 Å². The summed E-state index contributed by atoms with van der Waals surface area (Å²) in [6.07, 6.45) is 5.46. The van der Waals surface area contributed by atoms with Crippen LogP contribution in [-0.4, -0.2) is 43.0 Å². The number of hydrogen-bond acceptors (Lipinski definition) is 3. The highest BCUT2D eigenvalue weighted by Crippen LogP contribution is 2.01. The number of amides is 1. The van der Waals surface area contributed by atoms with Crippen molar-refractivity contribution in [1.29, 1.82) is 0 Å². The van der Waals surface area contributed by atoms with Crippen molar-refractivity contribution in [2.45, 2.75) is 25.7 Å². The number of unbranched alkanes of at least 4 members (excludes halogenated alkanes) is 3. The standard InChI is InChI=1S/C14H22FN3O/c1-18(2)10-6-4-3-5-9-16-14(19)13-8-7-12(15)11-17-13/h7-8,11H,3-6,9-10H2,1-2H3,(H,16,19)/i15-1. The van der Waals surface area contributed by atoms with Gasteiger partial charge >= 0.3 is 0 Å². The number of halogens is 1. The summed E-state index contributed by atoms with van der Waals surface area (Å²) in [7, 11) is 4.13. The predicted octanol–water partition coefficient (Wildman–Crippen LogP) is 2.07. The first kappa shape index (κ1) is 15.6. The smallest absolute Gasteiger partial charge is 0.269 e. The lowest BCUT2D eigenvalue weighted by Crippen LogP contribution is -2.25. The molecular weight excluding hydrogens is 244 g/mol. The average Bonchev–Trinajstić information content (AvgIpc) is 2.38. The van der Waals surface area contributed by atoms with Crippen LogP contribution in [0.25, 0.3) is 0 Å². The lowest BCUT2D eigenvalue weighted by Gasteiger charge is -2.08. The molecule has 1 amide bonds. The van der Waals surface area contributed by atoms with E-state index in [0.717, 1.165) is 25.6 Å². The SMILES string of the molecule is CN(C)CCCCCCNC(=O)c1ccc([18F])cn1. The van der Waals surface area contributed by atoms with Crippen LogP contribution in [0.15, 0.2) is 18.3 Å². The number of rotatable bonds is 8. The molecule has 0 fully saturated rings. The Kier molecular flexibility index (Phi) is 7.03. The maximum Gasteiger partial charge on any atom is 0.269 e. The average molecular weight is 266 g/mol. The first-order valence-corrected chi connectivity index (χ1v) is 6.64. The first-order valence-electron chi connectivity index (χ1n) is 6.64. The van der Waals surface area contributed by atoms with Gasteiger partial charge in [-0.25, -0.2) is 9.37 Å². The van der Waals surface area contributed by atoms with Crippen molar-refractivity contribution < 1.29 is 9.18 Å². The minimum absolute atomic E-state index is 0.242. The number of nitrogens with one attached hydrogen (secondary N) is 1. The zero-order valence-corrected chi connectivity index (χ0v) is 11.7. The Hall–Kier alpha value is -1.49. The third-order valence-corrected chi connectivity index (χ3v) is 2.78. The fourth-order valence-electron chi connectivity index (χ4n) is 1.71. The molecule has 0 aliphatic rings. The van der Waals surface area contributed by atoms with Gasteiger partial charge in [-0.15, -0.1) is 0 Å². The summed E-state index contributed by atoms with van der Waals surface area (Å²) < 4.78 is 12.6. The molecule has 0 saturated heterocycles. The van der Waals surface area contributed by atoms with Crippen molar-refractivity contribution in [3.63, 3.8) is 0 Å². The lowest BCUT2D eigenvalue weighted by molar-refractivity contribution is 0.0948. The second kappa shape index (κ2) is 8.58. The monoisotopic (exact) mass is 266 g/mol. The van der Waals surface area contributed by atoms with Crippen LogP contribution in [0.4, 0.5) is 4.39 Å². The van der Waals surface area contributed by atoms with Crippen molar-refractivity contribution >= 4 is 5.91 Å². The molecule has 0 aliphatic heterocycles. The fraction of sp³-hybridized carbons (Fsp3) is 0.571. The Balaban J connectivity index is 2.09. The Morgan fingerprint density at radius 3 is 2.63 bits per heavy atom. The maximum absolute atomic E-state index is 12.6. The van der Waals surface area contributed by atoms with Crippen LogP contribution in [-0.2, 0) is 0 Å². The molecule has 0 atom stereocenters. The Labute approximate surface area is 114 Å². The summed E-state index contributed by atoms with van der Waals surface area (Å²) in [6, 6.07) is 2.63. The van der Waals surface area contributed by atoms with Gasteiger partial charge in [-0.1, -0.05) is 12.8 Å². The van der Waals surface area contributed by atoms with Crippen LogP contribution < -0.4 is 5.32 Å². The van der Waals surface area contributed by atoms with Crippen molar-refractivity contribution in [2.75, 3.05) is 27.2 Å². The van der Waals surface area contributed by atoms with E-state index in [4.69, 9.17) is 0 Å². The minimum atomic E-state index is -0.433. The topological polar surface area (TPSA) is 45.2 Å². The molecule has 1 rings (SSSR count). The highest BCUT2D eigenvalue weighted by molar-refractivity contribution is 5.92. The molecule has 0 radical (unpaired) electrons. The van der Waals surface area contributed by atoms with Gasteiger partial charge in [0.25, 0.3) is 5.91 Å². The van der Waals surface area contributed by atoms with Gasteiger partial charge in [0, 0.05) is 6.54 Å². The largest absolute Gasteiger partial charge is 0.351 e. The molecule has 1 aromatic heterocycles. The molecule has 4 nitrogen and oxygen atoms in total. The molecule has 0 bridgehead atoms. The number of aromatic nitrogens is 1. The summed E-state index contributed by atoms with van der Waals surface area (Å²) in [5, 5.41) is 2.78. The van der Waals surface area contributed by atoms with Gasteiger partial charge in [-0.3, -0.25) is 4.79 Å². The number of carbonyl (C=O) groups excluding carboxylic acids is 1. The van der Waals surface area contributed by atoms with Crippen molar-refractivity contribution in [2.24, 2.45) is 0 Å². The van der Waals surface area contributed by atoms with Gasteiger partial charge in [0.2, 0.25) is 0 Å². The van der Waals surface area contributed by atoms with E-state index in [2.05, 4.69) is 29.3 Å². The second-order valence-corrected chi connectivity index (χ2v) is 4.84. The molecule has 5 heteroatoms. The molecule has 19 heavy (non-hydrogen) atoms. The van der Waals surface area contributed by atoms with Crippen LogP contribution in [0, 0.1) is 5.82 Å². The van der Waals surface area contributed by atoms with E-state index in [1.165, 1.54) is 25.0 Å². The quantitative estimate of drug-likeness (QED) is 0.733. The third kappa shape index (κ3) is 6.86. The summed E-state index contributed by atoms with van der Waals surface area (Å²) in [5.41, 5.74) is 0.258. The molecule has 0 saturated carbocycles. The third-order valence-electron chi connectivity index (χ3n) is 2.78. The second-order valence-electron chi connectivity index (χ2n) is 4.84. The zero-order chi connectivity index (χ0) is 14.1. The Bertz CT molecular complexity index is 379. The highest BCUT2D eigenvalue weighted by Gasteiger charge is 2.05. The molecule has 0 aliphatic carbocycles. The van der Waals surface area contributed by atoms with Gasteiger partial charge < -0.3 is 10.2 Å². The summed E-state index contributed by atoms with van der Waals surface area (Å²) in [5.74, 6) is -0.675. The lowest BCUT2D eigenvalue weighted by atomic mass is 10.2. The first-order chi connectivity index (χ1) is 9.09. The van der Waals surface area contributed by atoms with E-state index in [-0.39, 0.29) is 11.6 Å². The number of carbonyl (C=O) groups is 1. The van der Waals surface area contributed by atoms with Crippen molar-refractivity contribution in [3.05, 3.63) is 29.8 Å². The van der Waals surface area contributed by atoms with Gasteiger partial charge in [-0.2, -0.15) is 0 Å². The fourth-order valence-corrected chi connectivity index (χ4v) is 1.71. The van der Waals surface area contributed by atoms with Gasteiger partial charge in [0.1, 0.15) is 11.5 Å². The maximum atomic E-state index is 12.6. The Morgan fingerprint density at radius 2 is 2.00 bits per heavy atom. The van der Waals surface area contributed by atoms with Crippen LogP contribution in [0.1, 0.15) is 36.2 Å². The molecule has 1 N–H and O–H groups in total. The Morgan fingerprint density at radius 1 is 1.26 bits per heavy atom. The molecule has 1 aromatic rings. The van der Waals surface area contributed by atoms with E-state index in [1.54, 1.807) is 0 Å². The van der Waals surface area contributed by atoms with Crippen LogP contribution in [0.5, 0.6) is 0 Å². The summed E-state index contributed by atoms with van der Waals surface area (Å²) in [4.78, 5) is 17.5. The van der Waals surface area contributed by atoms with E-state index in [9.17, 15) is 9.18 Å². The normalized spacial score (nSPS) is 10.7. The summed E-state index contributed by atoms with van der Waals surface area (Å²) in [6.45, 7) is 1.74. The van der Waals surface area contributed by atoms with Crippen LogP contribution in [0.2, 0.25) is 0 Å². The van der Waals surface area contributed by atoms with E-state index in [1.807, 2.05) is 0 Å². The van der Waals surface area contributed by atoms with Crippen molar-refractivity contribution in [1.82, 2.24) is 15.2 Å². The summed E-state index contributed by atoms with van der Waals surface area (Å²) >= 11 is 0. The van der Waals surface area contributed by atoms with E-state index >= 15 is 0 Å². The minimum Gasteiger partial charge on any atom is -0.351 e. The number of pyridine rings is 1. The van der Waals surface area contributed by atoms with Gasteiger partial charge in [0.15, 0.2) is 0 Å². The molecular formula is C14H22FN3O. The molecule has 1 heterocycles. The van der Waals surface area contributed by atoms with E-state index < -0.39 is 5.82 Å². The molecule has 0 unspecified atom stereocenters. The predicted molar refractivity (Wildman–Crippen MR) is 73.6 cm³/mol.